The van der Waals surface area contributed by atoms with Crippen molar-refractivity contribution in [2.24, 2.45) is 0 Å². The maximum Gasteiger partial charge on any atom is 0.263 e. The molecule has 0 saturated heterocycles. The van der Waals surface area contributed by atoms with E-state index in [9.17, 15) is 9.59 Å². The minimum atomic E-state index is -0.447. The number of carbonyl (C=O) groups is 1. The summed E-state index contributed by atoms with van der Waals surface area (Å²) in [6.07, 6.45) is 5.37. The van der Waals surface area contributed by atoms with E-state index in [1.165, 1.54) is 12.4 Å². The van der Waals surface area contributed by atoms with Crippen LogP contribution in [-0.2, 0) is 6.54 Å². The van der Waals surface area contributed by atoms with Crippen LogP contribution in [0.15, 0.2) is 23.4 Å². The second-order valence-corrected chi connectivity index (χ2v) is 5.23. The molecular weight excluding hydrogens is 270 g/mol. The van der Waals surface area contributed by atoms with Gasteiger partial charge in [0.05, 0.1) is 0 Å². The average molecular weight is 287 g/mol. The van der Waals surface area contributed by atoms with Crippen LogP contribution in [0.25, 0.3) is 0 Å². The van der Waals surface area contributed by atoms with Crippen LogP contribution < -0.4 is 10.7 Å². The van der Waals surface area contributed by atoms with Gasteiger partial charge in [0.1, 0.15) is 11.9 Å². The first-order chi connectivity index (χ1) is 10.1. The van der Waals surface area contributed by atoms with E-state index < -0.39 is 5.91 Å². The average Bonchev–Trinajstić information content (AvgIpc) is 3.18. The van der Waals surface area contributed by atoms with Crippen molar-refractivity contribution in [3.05, 3.63) is 40.1 Å². The molecule has 3 rings (SSSR count). The molecule has 1 fully saturated rings. The Morgan fingerprint density at radius 2 is 2.24 bits per heavy atom. The number of nitrogens with one attached hydrogen (secondary N) is 1. The number of aryl methyl sites for hydroxylation is 2. The van der Waals surface area contributed by atoms with Crippen molar-refractivity contribution in [3.63, 3.8) is 0 Å². The number of amides is 1. The smallest absolute Gasteiger partial charge is 0.263 e. The van der Waals surface area contributed by atoms with Crippen molar-refractivity contribution >= 4 is 11.9 Å². The molecular formula is C14H17N5O2. The zero-order valence-corrected chi connectivity index (χ0v) is 12.0. The summed E-state index contributed by atoms with van der Waals surface area (Å²) in [6, 6.07) is 1.93. The monoisotopic (exact) mass is 287 g/mol. The van der Waals surface area contributed by atoms with Crippen LogP contribution in [0.2, 0.25) is 0 Å². The lowest BCUT2D eigenvalue weighted by Crippen LogP contribution is -2.25. The molecule has 2 heterocycles. The molecule has 0 atom stereocenters. The molecule has 1 saturated carbocycles. The van der Waals surface area contributed by atoms with E-state index >= 15 is 0 Å². The number of hydrogen-bond acceptors (Lipinski definition) is 4. The van der Waals surface area contributed by atoms with E-state index in [0.717, 1.165) is 18.5 Å². The normalized spacial score (nSPS) is 14.2. The van der Waals surface area contributed by atoms with Gasteiger partial charge in [-0.1, -0.05) is 0 Å². The molecule has 0 radical (unpaired) electrons. The van der Waals surface area contributed by atoms with E-state index in [-0.39, 0.29) is 11.0 Å². The summed E-state index contributed by atoms with van der Waals surface area (Å²) in [6.45, 7) is 4.45. The largest absolute Gasteiger partial charge is 0.348 e. The number of rotatable bonds is 4. The van der Waals surface area contributed by atoms with Crippen LogP contribution in [0.3, 0.4) is 0 Å². The second-order valence-electron chi connectivity index (χ2n) is 5.23. The van der Waals surface area contributed by atoms with Crippen LogP contribution >= 0.6 is 0 Å². The van der Waals surface area contributed by atoms with Crippen molar-refractivity contribution in [3.8, 4) is 0 Å². The summed E-state index contributed by atoms with van der Waals surface area (Å²) in [7, 11) is 0. The highest BCUT2D eigenvalue weighted by Crippen LogP contribution is 2.35. The lowest BCUT2D eigenvalue weighted by Gasteiger charge is -2.11. The van der Waals surface area contributed by atoms with E-state index in [1.54, 1.807) is 10.8 Å². The molecule has 1 N–H and O–H groups in total. The van der Waals surface area contributed by atoms with Crippen molar-refractivity contribution in [2.45, 2.75) is 39.3 Å². The van der Waals surface area contributed by atoms with Crippen molar-refractivity contribution in [2.75, 3.05) is 5.32 Å². The Bertz CT molecular complexity index is 742. The Morgan fingerprint density at radius 3 is 2.90 bits per heavy atom. The molecule has 0 unspecified atom stereocenters. The Balaban J connectivity index is 1.91. The minimum absolute atomic E-state index is 0.137. The molecule has 0 aliphatic heterocycles. The predicted molar refractivity (Wildman–Crippen MR) is 77.4 cm³/mol. The summed E-state index contributed by atoms with van der Waals surface area (Å²) in [4.78, 5) is 24.3. The van der Waals surface area contributed by atoms with Crippen molar-refractivity contribution in [1.82, 2.24) is 19.3 Å². The Labute approximate surface area is 121 Å². The van der Waals surface area contributed by atoms with Crippen molar-refractivity contribution in [1.29, 1.82) is 0 Å². The van der Waals surface area contributed by atoms with Crippen LogP contribution in [0.1, 0.15) is 41.9 Å². The first-order valence-corrected chi connectivity index (χ1v) is 7.02. The Morgan fingerprint density at radius 1 is 1.48 bits per heavy atom. The SMILES string of the molecule is CCn1cnnc1NC(=O)c1cn(C2CC2)c(C)cc1=O. The lowest BCUT2D eigenvalue weighted by molar-refractivity contribution is 0.102. The van der Waals surface area contributed by atoms with E-state index in [2.05, 4.69) is 15.5 Å². The molecule has 7 nitrogen and oxygen atoms in total. The molecule has 110 valence electrons. The topological polar surface area (TPSA) is 81.8 Å². The van der Waals surface area contributed by atoms with Gasteiger partial charge in [-0.25, -0.2) is 0 Å². The van der Waals surface area contributed by atoms with Gasteiger partial charge in [0.25, 0.3) is 5.91 Å². The maximum absolute atomic E-state index is 12.3. The number of carbonyl (C=O) groups excluding carboxylic acids is 1. The molecule has 21 heavy (non-hydrogen) atoms. The molecule has 1 aliphatic rings. The van der Waals surface area contributed by atoms with Gasteiger partial charge in [0, 0.05) is 30.5 Å². The van der Waals surface area contributed by atoms with Gasteiger partial charge in [-0.15, -0.1) is 10.2 Å². The van der Waals surface area contributed by atoms with Gasteiger partial charge in [0.2, 0.25) is 5.95 Å². The number of anilines is 1. The van der Waals surface area contributed by atoms with Gasteiger partial charge in [-0.05, 0) is 26.7 Å². The summed E-state index contributed by atoms with van der Waals surface area (Å²) >= 11 is 0. The fraction of sp³-hybridized carbons (Fsp3) is 0.429. The first-order valence-electron chi connectivity index (χ1n) is 7.02. The van der Waals surface area contributed by atoms with Gasteiger partial charge in [-0.2, -0.15) is 0 Å². The van der Waals surface area contributed by atoms with Gasteiger partial charge < -0.3 is 4.57 Å². The van der Waals surface area contributed by atoms with Crippen LogP contribution in [0, 0.1) is 6.92 Å². The maximum atomic E-state index is 12.3. The van der Waals surface area contributed by atoms with E-state index in [4.69, 9.17) is 0 Å². The number of nitrogens with zero attached hydrogens (tertiary/aromatic N) is 4. The molecule has 1 amide bonds. The van der Waals surface area contributed by atoms with E-state index in [0.29, 0.717) is 18.5 Å². The molecule has 1 aliphatic carbocycles. The molecule has 7 heteroatoms. The van der Waals surface area contributed by atoms with Crippen LogP contribution in [-0.4, -0.2) is 25.2 Å². The van der Waals surface area contributed by atoms with Gasteiger partial charge in [0.15, 0.2) is 5.43 Å². The second kappa shape index (κ2) is 5.16. The molecule has 0 bridgehead atoms. The van der Waals surface area contributed by atoms with Gasteiger partial charge in [-0.3, -0.25) is 19.5 Å². The summed E-state index contributed by atoms with van der Waals surface area (Å²) in [5.74, 6) is -0.0995. The quantitative estimate of drug-likeness (QED) is 0.920. The first kappa shape index (κ1) is 13.5. The summed E-state index contributed by atoms with van der Waals surface area (Å²) in [5.41, 5.74) is 0.749. The predicted octanol–water partition coefficient (Wildman–Crippen LogP) is 1.36. The minimum Gasteiger partial charge on any atom is -0.348 e. The number of hydrogen-bond donors (Lipinski definition) is 1. The summed E-state index contributed by atoms with van der Waals surface area (Å²) < 4.78 is 3.70. The molecule has 2 aromatic rings. The number of pyridine rings is 1. The Hall–Kier alpha value is -2.44. The lowest BCUT2D eigenvalue weighted by atomic mass is 10.2. The third-order valence-corrected chi connectivity index (χ3v) is 3.65. The third-order valence-electron chi connectivity index (χ3n) is 3.65. The van der Waals surface area contributed by atoms with Crippen molar-refractivity contribution < 1.29 is 4.79 Å². The zero-order chi connectivity index (χ0) is 15.0. The Kier molecular flexibility index (Phi) is 3.32. The fourth-order valence-corrected chi connectivity index (χ4v) is 2.32. The standard InChI is InChI=1S/C14H17N5O2/c1-3-18-8-15-17-14(18)16-13(21)11-7-19(10-4-5-10)9(2)6-12(11)20/h6-8,10H,3-5H2,1-2H3,(H,16,17,21). The van der Waals surface area contributed by atoms with Crippen LogP contribution in [0.4, 0.5) is 5.95 Å². The molecule has 0 aromatic carbocycles. The highest BCUT2D eigenvalue weighted by atomic mass is 16.2. The molecule has 2 aromatic heterocycles. The van der Waals surface area contributed by atoms with Crippen LogP contribution in [0.5, 0.6) is 0 Å². The van der Waals surface area contributed by atoms with Gasteiger partial charge >= 0.3 is 0 Å². The third kappa shape index (κ3) is 2.58. The fourth-order valence-electron chi connectivity index (χ4n) is 2.32. The number of aromatic nitrogens is 4. The molecule has 0 spiro atoms. The summed E-state index contributed by atoms with van der Waals surface area (Å²) in [5, 5.41) is 10.2. The zero-order valence-electron chi connectivity index (χ0n) is 12.0. The highest BCUT2D eigenvalue weighted by Gasteiger charge is 2.25. The van der Waals surface area contributed by atoms with E-state index in [1.807, 2.05) is 18.4 Å². The highest BCUT2D eigenvalue weighted by molar-refractivity contribution is 6.03.